The lowest BCUT2D eigenvalue weighted by Gasteiger charge is -2.40. The van der Waals surface area contributed by atoms with E-state index in [1.807, 2.05) is 43.9 Å². The highest BCUT2D eigenvalue weighted by atomic mass is 127. The minimum atomic E-state index is -4.73. The van der Waals surface area contributed by atoms with Crippen molar-refractivity contribution in [1.29, 1.82) is 0 Å². The molecule has 288 valence electrons. The molecule has 14 nitrogen and oxygen atoms in total. The Bertz CT molecular complexity index is 2110. The van der Waals surface area contributed by atoms with Gasteiger partial charge < -0.3 is 22.4 Å². The Kier molecular flexibility index (Phi) is 13.2. The highest BCUT2D eigenvalue weighted by Crippen LogP contribution is 2.50. The van der Waals surface area contributed by atoms with Gasteiger partial charge in [-0.1, -0.05) is 39.3 Å². The Hall–Kier alpha value is -2.72. The summed E-state index contributed by atoms with van der Waals surface area (Å²) in [6, 6.07) is 8.62. The first-order valence-corrected chi connectivity index (χ1v) is 22.9. The molecular weight excluding hydrogens is 851 g/mol. The van der Waals surface area contributed by atoms with Crippen LogP contribution in [0.3, 0.4) is 0 Å². The molecule has 0 saturated carbocycles. The normalized spacial score (nSPS) is 19.8. The van der Waals surface area contributed by atoms with Crippen LogP contribution in [0.15, 0.2) is 70.1 Å². The Morgan fingerprint density at radius 3 is 2.17 bits per heavy atom. The van der Waals surface area contributed by atoms with Crippen molar-refractivity contribution in [3.05, 3.63) is 71.5 Å². The topological polar surface area (TPSA) is 219 Å². The molecule has 2 aliphatic rings. The number of hydrogen-bond donors (Lipinski definition) is 3. The Labute approximate surface area is 315 Å². The van der Waals surface area contributed by atoms with E-state index in [0.29, 0.717) is 50.1 Å². The largest absolute Gasteiger partial charge is 0.744 e. The smallest absolute Gasteiger partial charge is 0.303 e. The predicted octanol–water partition coefficient (Wildman–Crippen LogP) is 5.17. The van der Waals surface area contributed by atoms with E-state index in [4.69, 9.17) is 9.84 Å². The number of allylic oxidation sites excluding steroid dienone is 4. The average molecular weight is 896 g/mol. The van der Waals surface area contributed by atoms with Gasteiger partial charge in [0.15, 0.2) is 0 Å². The standard InChI is InChI=1S/C34H45IN2O12S3/c1-33(2)26-22-24(51(43,44)45)13-15-28(26)36(18-7-5-6-12-32(38)39)31(33)11-8-10-30-34(3,17-9-21-50(40,41)42)27-23-25(52(46,47)48)14-16-29(27)37(35-30)19-20-49-4/h8,10-11,13-16,22-23H,5-7,9,12,17-21H2,1-4H3,(H,38,39)(H,40,41,42)(H,43,44,45)(H,46,47,48)/p-1/b10-8+,31-11+. The lowest BCUT2D eigenvalue weighted by Crippen LogP contribution is -2.38. The minimum Gasteiger partial charge on any atom is -0.744 e. The number of ether oxygens (including phenoxy) is 1. The first kappa shape index (κ1) is 42.0. The molecule has 2 aromatic carbocycles. The van der Waals surface area contributed by atoms with E-state index in [0.717, 1.165) is 20.6 Å². The Morgan fingerprint density at radius 2 is 1.56 bits per heavy atom. The number of rotatable bonds is 17. The monoisotopic (exact) mass is 895 g/mol. The van der Waals surface area contributed by atoms with Gasteiger partial charge in [0.2, 0.25) is 0 Å². The molecule has 0 aliphatic carbocycles. The summed E-state index contributed by atoms with van der Waals surface area (Å²) < 4.78 is 112. The molecule has 18 heteroatoms. The second-order valence-corrected chi connectivity index (χ2v) is 20.6. The first-order valence-electron chi connectivity index (χ1n) is 16.4. The summed E-state index contributed by atoms with van der Waals surface area (Å²) in [5.41, 5.74) is 1.80. The number of halogens is 1. The minimum absolute atomic E-state index is 0.0409. The summed E-state index contributed by atoms with van der Waals surface area (Å²) in [6.45, 7) is 7.05. The number of unbranched alkanes of at least 4 members (excludes halogenated alkanes) is 2. The van der Waals surface area contributed by atoms with Gasteiger partial charge in [-0.15, -0.1) is 0 Å². The highest BCUT2D eigenvalue weighted by molar-refractivity contribution is 14.2. The maximum atomic E-state index is 12.2. The van der Waals surface area contributed by atoms with Gasteiger partial charge in [-0.3, -0.25) is 13.9 Å². The molecule has 0 fully saturated rings. The average Bonchev–Trinajstić information content (AvgIpc) is 3.24. The molecule has 0 bridgehead atoms. The fourth-order valence-corrected chi connectivity index (χ4v) is 11.3. The van der Waals surface area contributed by atoms with Crippen LogP contribution in [0, 0.1) is 0 Å². The summed E-state index contributed by atoms with van der Waals surface area (Å²) in [5.74, 6) is -1.38. The van der Waals surface area contributed by atoms with Crippen LogP contribution < -0.4 is 8.01 Å². The van der Waals surface area contributed by atoms with Crippen molar-refractivity contribution in [2.45, 2.75) is 79.9 Å². The van der Waals surface area contributed by atoms with E-state index in [2.05, 4.69) is 3.11 Å². The van der Waals surface area contributed by atoms with Crippen LogP contribution in [-0.2, 0) is 50.7 Å². The molecule has 1 atom stereocenters. The third kappa shape index (κ3) is 9.87. The molecule has 2 aliphatic heterocycles. The SMILES string of the molecule is COCCN1I=C(/C=C/C=C2/N(CCCCCC(=O)O)c3ccc(S(=O)(=O)[O-])cc3C2(C)C)C(C)(CCCS(=O)(=O)O)c2cc(S(=O)(=O)O)ccc21. The molecule has 4 rings (SSSR count). The van der Waals surface area contributed by atoms with Gasteiger partial charge in [-0.05, 0) is 79.3 Å². The van der Waals surface area contributed by atoms with Crippen LogP contribution in [0.25, 0.3) is 0 Å². The van der Waals surface area contributed by atoms with E-state index in [1.165, 1.54) is 24.3 Å². The molecular formula is C34H44IN2O12S3-. The first-order chi connectivity index (χ1) is 24.1. The summed E-state index contributed by atoms with van der Waals surface area (Å²) in [6.07, 6.45) is 7.75. The summed E-state index contributed by atoms with van der Waals surface area (Å²) in [4.78, 5) is 12.4. The molecule has 0 radical (unpaired) electrons. The second-order valence-electron chi connectivity index (χ2n) is 13.4. The molecule has 0 spiro atoms. The molecule has 0 aromatic heterocycles. The lowest BCUT2D eigenvalue weighted by molar-refractivity contribution is -0.137. The number of carboxylic acid groups (broad SMARTS) is 1. The lowest BCUT2D eigenvalue weighted by atomic mass is 9.75. The fourth-order valence-electron chi connectivity index (χ4n) is 6.61. The van der Waals surface area contributed by atoms with Crippen LogP contribution >= 0.6 is 21.0 Å². The second kappa shape index (κ2) is 16.3. The van der Waals surface area contributed by atoms with Crippen LogP contribution in [0.4, 0.5) is 11.4 Å². The fraction of sp³-hybridized carbons (Fsp3) is 0.471. The van der Waals surface area contributed by atoms with Gasteiger partial charge in [0.25, 0.3) is 20.2 Å². The van der Waals surface area contributed by atoms with Gasteiger partial charge in [0.1, 0.15) is 10.1 Å². The summed E-state index contributed by atoms with van der Waals surface area (Å²) >= 11 is -0.973. The number of benzene rings is 2. The number of hydrogen-bond acceptors (Lipinski definition) is 11. The number of methoxy groups -OCH3 is 1. The van der Waals surface area contributed by atoms with Crippen LogP contribution in [-0.4, -0.2) is 86.1 Å². The van der Waals surface area contributed by atoms with E-state index in [-0.39, 0.29) is 29.1 Å². The third-order valence-electron chi connectivity index (χ3n) is 9.33. The molecule has 2 heterocycles. The van der Waals surface area contributed by atoms with Gasteiger partial charge in [0, 0.05) is 72.5 Å². The van der Waals surface area contributed by atoms with E-state index in [9.17, 15) is 43.7 Å². The summed E-state index contributed by atoms with van der Waals surface area (Å²) in [7, 11) is -12.0. The Morgan fingerprint density at radius 1 is 0.904 bits per heavy atom. The van der Waals surface area contributed by atoms with Crippen molar-refractivity contribution in [1.82, 2.24) is 0 Å². The van der Waals surface area contributed by atoms with E-state index < -0.39 is 73.9 Å². The molecule has 0 saturated heterocycles. The molecule has 52 heavy (non-hydrogen) atoms. The third-order valence-corrected chi connectivity index (χ3v) is 15.5. The maximum absolute atomic E-state index is 12.2. The number of fused-ring (bicyclic) bond motifs is 2. The van der Waals surface area contributed by atoms with Gasteiger partial charge in [0.05, 0.1) is 28.7 Å². The number of carbonyl (C=O) groups is 1. The van der Waals surface area contributed by atoms with Crippen molar-refractivity contribution >= 4 is 72.2 Å². The van der Waals surface area contributed by atoms with Crippen molar-refractivity contribution < 1.29 is 53.5 Å². The van der Waals surface area contributed by atoms with Crippen molar-refractivity contribution in [2.24, 2.45) is 0 Å². The molecule has 1 unspecified atom stereocenters. The Balaban J connectivity index is 1.83. The van der Waals surface area contributed by atoms with Crippen LogP contribution in [0.2, 0.25) is 0 Å². The quantitative estimate of drug-likeness (QED) is 0.0808. The highest BCUT2D eigenvalue weighted by Gasteiger charge is 2.41. The van der Waals surface area contributed by atoms with Crippen LogP contribution in [0.5, 0.6) is 0 Å². The van der Waals surface area contributed by atoms with Crippen molar-refractivity contribution in [3.63, 3.8) is 0 Å². The van der Waals surface area contributed by atoms with Gasteiger partial charge >= 0.3 is 5.97 Å². The maximum Gasteiger partial charge on any atom is 0.303 e. The van der Waals surface area contributed by atoms with Gasteiger partial charge in [-0.2, -0.15) is 16.8 Å². The summed E-state index contributed by atoms with van der Waals surface area (Å²) in [5, 5.41) is 9.06. The number of carboxylic acids is 1. The zero-order chi connectivity index (χ0) is 38.7. The number of anilines is 2. The zero-order valence-electron chi connectivity index (χ0n) is 29.3. The molecule has 2 aromatic rings. The van der Waals surface area contributed by atoms with Crippen LogP contribution in [0.1, 0.15) is 70.4 Å². The van der Waals surface area contributed by atoms with E-state index in [1.54, 1.807) is 19.2 Å². The van der Waals surface area contributed by atoms with Crippen molar-refractivity contribution in [2.75, 3.05) is 40.6 Å². The predicted molar refractivity (Wildman–Crippen MR) is 206 cm³/mol. The van der Waals surface area contributed by atoms with Gasteiger partial charge in [-0.25, -0.2) is 8.42 Å². The zero-order valence-corrected chi connectivity index (χ0v) is 33.9. The number of nitrogens with zero attached hydrogens (tertiary/aromatic N) is 2. The number of aliphatic carboxylic acids is 1. The van der Waals surface area contributed by atoms with E-state index >= 15 is 0 Å². The molecule has 0 amide bonds. The molecule has 3 N–H and O–H groups in total. The van der Waals surface area contributed by atoms with Crippen molar-refractivity contribution in [3.8, 4) is 0 Å².